The lowest BCUT2D eigenvalue weighted by Crippen LogP contribution is -2.13. The van der Waals surface area contributed by atoms with Crippen molar-refractivity contribution in [1.29, 1.82) is 0 Å². The van der Waals surface area contributed by atoms with Crippen molar-refractivity contribution in [3.8, 4) is 0 Å². The Labute approximate surface area is 124 Å². The highest BCUT2D eigenvalue weighted by Gasteiger charge is 2.20. The summed E-state index contributed by atoms with van der Waals surface area (Å²) in [5, 5.41) is 1.74. The molecule has 0 aliphatic carbocycles. The van der Waals surface area contributed by atoms with Crippen molar-refractivity contribution in [3.63, 3.8) is 0 Å². The van der Waals surface area contributed by atoms with Crippen LogP contribution in [0.5, 0.6) is 0 Å². The molecule has 0 aromatic carbocycles. The van der Waals surface area contributed by atoms with Gasteiger partial charge in [0.15, 0.2) is 5.15 Å². The van der Waals surface area contributed by atoms with E-state index >= 15 is 0 Å². The standard InChI is InChI=1S/C10H9Cl2N3O2S2/c1-5-2-7(11)14-10(12)9(5)15-19(16,17)8-3-6(13)4-18-8/h2-4,15H,13H2,1H3. The number of nitrogen functional groups attached to an aromatic ring is 1. The minimum Gasteiger partial charge on any atom is -0.398 e. The van der Waals surface area contributed by atoms with E-state index in [2.05, 4.69) is 9.71 Å². The zero-order valence-electron chi connectivity index (χ0n) is 9.65. The molecule has 0 unspecified atom stereocenters. The Balaban J connectivity index is 2.41. The van der Waals surface area contributed by atoms with Crippen LogP contribution >= 0.6 is 34.5 Å². The van der Waals surface area contributed by atoms with Gasteiger partial charge in [-0.15, -0.1) is 11.3 Å². The third-order valence-electron chi connectivity index (χ3n) is 2.24. The minimum absolute atomic E-state index is 0.00176. The van der Waals surface area contributed by atoms with E-state index in [4.69, 9.17) is 28.9 Å². The molecule has 19 heavy (non-hydrogen) atoms. The summed E-state index contributed by atoms with van der Waals surface area (Å²) in [5.41, 5.74) is 6.69. The zero-order chi connectivity index (χ0) is 14.2. The molecule has 0 radical (unpaired) electrons. The van der Waals surface area contributed by atoms with Crippen LogP contribution < -0.4 is 10.5 Å². The van der Waals surface area contributed by atoms with Gasteiger partial charge in [0, 0.05) is 11.1 Å². The van der Waals surface area contributed by atoms with Crippen LogP contribution in [0.25, 0.3) is 0 Å². The SMILES string of the molecule is Cc1cc(Cl)nc(Cl)c1NS(=O)(=O)c1cc(N)cs1. The Bertz CT molecular complexity index is 705. The van der Waals surface area contributed by atoms with E-state index in [-0.39, 0.29) is 20.2 Å². The predicted octanol–water partition coefficient (Wildman–Crippen LogP) is 3.14. The van der Waals surface area contributed by atoms with Crippen LogP contribution in [0.2, 0.25) is 10.3 Å². The quantitative estimate of drug-likeness (QED) is 0.842. The smallest absolute Gasteiger partial charge is 0.271 e. The van der Waals surface area contributed by atoms with E-state index in [0.29, 0.717) is 11.3 Å². The van der Waals surface area contributed by atoms with Crippen LogP contribution in [0.1, 0.15) is 5.56 Å². The highest BCUT2D eigenvalue weighted by atomic mass is 35.5. The fraction of sp³-hybridized carbons (Fsp3) is 0.100. The molecule has 0 spiro atoms. The van der Waals surface area contributed by atoms with E-state index < -0.39 is 10.0 Å². The fourth-order valence-corrected chi connectivity index (χ4v) is 4.23. The number of aromatic nitrogens is 1. The molecule has 0 amide bonds. The summed E-state index contributed by atoms with van der Waals surface area (Å²) in [6, 6.07) is 2.90. The molecule has 2 aromatic heterocycles. The summed E-state index contributed by atoms with van der Waals surface area (Å²) >= 11 is 12.6. The monoisotopic (exact) mass is 337 g/mol. The lowest BCUT2D eigenvalue weighted by molar-refractivity contribution is 0.603. The largest absolute Gasteiger partial charge is 0.398 e. The topological polar surface area (TPSA) is 85.1 Å². The number of nitrogens with zero attached hydrogens (tertiary/aromatic N) is 1. The summed E-state index contributed by atoms with van der Waals surface area (Å²) in [7, 11) is -3.73. The molecule has 2 heterocycles. The number of hydrogen-bond donors (Lipinski definition) is 2. The van der Waals surface area contributed by atoms with Crippen LogP contribution in [0, 0.1) is 6.92 Å². The van der Waals surface area contributed by atoms with Gasteiger partial charge < -0.3 is 5.73 Å². The van der Waals surface area contributed by atoms with Crippen LogP contribution in [-0.2, 0) is 10.0 Å². The fourth-order valence-electron chi connectivity index (χ4n) is 1.37. The maximum Gasteiger partial charge on any atom is 0.271 e. The molecule has 9 heteroatoms. The molecule has 0 fully saturated rings. The van der Waals surface area contributed by atoms with Crippen LogP contribution in [0.4, 0.5) is 11.4 Å². The second kappa shape index (κ2) is 5.16. The Morgan fingerprint density at radius 1 is 1.37 bits per heavy atom. The van der Waals surface area contributed by atoms with Crippen molar-refractivity contribution < 1.29 is 8.42 Å². The van der Waals surface area contributed by atoms with Crippen molar-refractivity contribution in [3.05, 3.63) is 33.4 Å². The number of hydrogen-bond acceptors (Lipinski definition) is 5. The molecule has 3 N–H and O–H groups in total. The molecule has 2 aromatic rings. The first-order chi connectivity index (χ1) is 8.79. The van der Waals surface area contributed by atoms with Gasteiger partial charge in [0.05, 0.1) is 5.69 Å². The molecule has 2 rings (SSSR count). The van der Waals surface area contributed by atoms with Gasteiger partial charge in [-0.3, -0.25) is 4.72 Å². The van der Waals surface area contributed by atoms with E-state index in [1.807, 2.05) is 0 Å². The Morgan fingerprint density at radius 3 is 2.58 bits per heavy atom. The first kappa shape index (κ1) is 14.4. The second-order valence-electron chi connectivity index (χ2n) is 3.73. The first-order valence-electron chi connectivity index (χ1n) is 4.99. The van der Waals surface area contributed by atoms with Gasteiger partial charge in [-0.1, -0.05) is 23.2 Å². The van der Waals surface area contributed by atoms with Crippen molar-refractivity contribution in [1.82, 2.24) is 4.98 Å². The number of halogens is 2. The molecule has 0 aliphatic heterocycles. The highest BCUT2D eigenvalue weighted by Crippen LogP contribution is 2.30. The Kier molecular flexibility index (Phi) is 3.91. The summed E-state index contributed by atoms with van der Waals surface area (Å²) in [6.07, 6.45) is 0. The lowest BCUT2D eigenvalue weighted by atomic mass is 10.3. The number of aryl methyl sites for hydroxylation is 1. The molecule has 0 aliphatic rings. The van der Waals surface area contributed by atoms with Crippen molar-refractivity contribution >= 4 is 55.9 Å². The average Bonchev–Trinajstić information content (AvgIpc) is 2.71. The Morgan fingerprint density at radius 2 is 2.05 bits per heavy atom. The number of nitrogens with two attached hydrogens (primary N) is 1. The van der Waals surface area contributed by atoms with E-state index in [0.717, 1.165) is 11.3 Å². The molecule has 0 bridgehead atoms. The molecule has 0 saturated heterocycles. The average molecular weight is 338 g/mol. The van der Waals surface area contributed by atoms with Crippen LogP contribution in [0.15, 0.2) is 21.7 Å². The number of nitrogens with one attached hydrogen (secondary N) is 1. The van der Waals surface area contributed by atoms with Crippen LogP contribution in [-0.4, -0.2) is 13.4 Å². The molecule has 5 nitrogen and oxygen atoms in total. The van der Waals surface area contributed by atoms with Gasteiger partial charge in [-0.2, -0.15) is 0 Å². The van der Waals surface area contributed by atoms with Gasteiger partial charge in [0.1, 0.15) is 9.36 Å². The second-order valence-corrected chi connectivity index (χ2v) is 7.30. The number of sulfonamides is 1. The third-order valence-corrected chi connectivity index (χ3v) is 5.51. The van der Waals surface area contributed by atoms with Gasteiger partial charge in [0.2, 0.25) is 0 Å². The van der Waals surface area contributed by atoms with E-state index in [1.165, 1.54) is 12.1 Å². The summed E-state index contributed by atoms with van der Waals surface area (Å²) < 4.78 is 26.7. The highest BCUT2D eigenvalue weighted by molar-refractivity contribution is 7.94. The molecule has 0 saturated carbocycles. The third kappa shape index (κ3) is 3.11. The summed E-state index contributed by atoms with van der Waals surface area (Å²) in [4.78, 5) is 3.80. The van der Waals surface area contributed by atoms with Crippen LogP contribution in [0.3, 0.4) is 0 Å². The maximum atomic E-state index is 12.1. The van der Waals surface area contributed by atoms with Gasteiger partial charge in [-0.25, -0.2) is 13.4 Å². The zero-order valence-corrected chi connectivity index (χ0v) is 12.8. The molecular weight excluding hydrogens is 329 g/mol. The van der Waals surface area contributed by atoms with Gasteiger partial charge >= 0.3 is 0 Å². The molecular formula is C10H9Cl2N3O2S2. The number of anilines is 2. The number of thiophene rings is 1. The van der Waals surface area contributed by atoms with Crippen molar-refractivity contribution in [2.75, 3.05) is 10.5 Å². The van der Waals surface area contributed by atoms with E-state index in [1.54, 1.807) is 12.3 Å². The molecule has 0 atom stereocenters. The normalized spacial score (nSPS) is 11.5. The predicted molar refractivity (Wildman–Crippen MR) is 78.5 cm³/mol. The number of pyridine rings is 1. The molecule has 102 valence electrons. The Hall–Kier alpha value is -1.02. The maximum absolute atomic E-state index is 12.1. The minimum atomic E-state index is -3.73. The summed E-state index contributed by atoms with van der Waals surface area (Å²) in [5.74, 6) is 0. The number of rotatable bonds is 3. The first-order valence-corrected chi connectivity index (χ1v) is 8.11. The van der Waals surface area contributed by atoms with Gasteiger partial charge in [-0.05, 0) is 24.6 Å². The van der Waals surface area contributed by atoms with E-state index in [9.17, 15) is 8.42 Å². The van der Waals surface area contributed by atoms with Crippen molar-refractivity contribution in [2.45, 2.75) is 11.1 Å². The summed E-state index contributed by atoms with van der Waals surface area (Å²) in [6.45, 7) is 1.68. The lowest BCUT2D eigenvalue weighted by Gasteiger charge is -2.10. The van der Waals surface area contributed by atoms with Gasteiger partial charge in [0.25, 0.3) is 10.0 Å². The van der Waals surface area contributed by atoms with Crippen molar-refractivity contribution in [2.24, 2.45) is 0 Å².